The Balaban J connectivity index is 2.11. The molecule has 0 amide bonds. The highest BCUT2D eigenvalue weighted by Gasteiger charge is 2.22. The van der Waals surface area contributed by atoms with Gasteiger partial charge in [0.05, 0.1) is 12.2 Å². The Hall–Kier alpha value is -2.40. The Morgan fingerprint density at radius 1 is 1.12 bits per heavy atom. The number of hydrogen-bond donors (Lipinski definition) is 2. The van der Waals surface area contributed by atoms with Crippen LogP contribution in [0, 0.1) is 13.8 Å². The summed E-state index contributed by atoms with van der Waals surface area (Å²) in [5.74, 6) is 0.0517. The number of H-pyrrole nitrogens is 1. The van der Waals surface area contributed by atoms with E-state index in [1.165, 1.54) is 10.5 Å². The molecule has 1 atom stereocenters. The third-order valence-corrected chi connectivity index (χ3v) is 4.89. The molecule has 0 bridgehead atoms. The molecule has 1 heterocycles. The predicted molar refractivity (Wildman–Crippen MR) is 105 cm³/mol. The fraction of sp³-hybridized carbons (Fsp3) is 0.429. The van der Waals surface area contributed by atoms with Crippen molar-refractivity contribution in [1.29, 1.82) is 0 Å². The second-order valence-electron chi connectivity index (χ2n) is 7.12. The molecule has 0 saturated heterocycles. The van der Waals surface area contributed by atoms with E-state index in [1.54, 1.807) is 6.92 Å². The summed E-state index contributed by atoms with van der Waals surface area (Å²) in [7, 11) is 4.04. The van der Waals surface area contributed by atoms with Gasteiger partial charge in [0.2, 0.25) is 5.78 Å². The van der Waals surface area contributed by atoms with E-state index in [1.807, 2.05) is 27.9 Å². The number of aromatic amines is 1. The molecule has 0 radical (unpaired) electrons. The number of Topliss-reactive ketones (excluding diaryl/α,β-unsaturated/α-hetero) is 2. The fourth-order valence-electron chi connectivity index (χ4n) is 3.39. The lowest BCUT2D eigenvalue weighted by atomic mass is 10.1. The third-order valence-electron chi connectivity index (χ3n) is 4.89. The number of carbonyl (C=O) groups excluding carboxylic acids is 2. The molecule has 2 aromatic rings. The van der Waals surface area contributed by atoms with E-state index < -0.39 is 0 Å². The second kappa shape index (κ2) is 8.32. The number of quaternary nitrogens is 1. The van der Waals surface area contributed by atoms with Crippen molar-refractivity contribution >= 4 is 17.3 Å². The molecule has 1 aromatic carbocycles. The van der Waals surface area contributed by atoms with Crippen molar-refractivity contribution < 1.29 is 14.5 Å². The highest BCUT2D eigenvalue weighted by Crippen LogP contribution is 2.18. The molecule has 1 unspecified atom stereocenters. The Morgan fingerprint density at radius 3 is 2.19 bits per heavy atom. The highest BCUT2D eigenvalue weighted by molar-refractivity contribution is 6.03. The van der Waals surface area contributed by atoms with Gasteiger partial charge in [-0.2, -0.15) is 0 Å². The largest absolute Gasteiger partial charge is 0.378 e. The van der Waals surface area contributed by atoms with E-state index in [4.69, 9.17) is 0 Å². The van der Waals surface area contributed by atoms with Gasteiger partial charge in [0.15, 0.2) is 5.78 Å². The van der Waals surface area contributed by atoms with Crippen LogP contribution >= 0.6 is 0 Å². The highest BCUT2D eigenvalue weighted by atomic mass is 16.1. The number of rotatable bonds is 8. The maximum absolute atomic E-state index is 12.8. The van der Waals surface area contributed by atoms with E-state index in [-0.39, 0.29) is 11.6 Å². The molecule has 0 aliphatic rings. The van der Waals surface area contributed by atoms with Gasteiger partial charge < -0.3 is 14.8 Å². The summed E-state index contributed by atoms with van der Waals surface area (Å²) in [4.78, 5) is 31.0. The average Bonchev–Trinajstić information content (AvgIpc) is 2.89. The maximum atomic E-state index is 12.8. The van der Waals surface area contributed by atoms with Crippen LogP contribution in [0.25, 0.3) is 0 Å². The van der Waals surface area contributed by atoms with Gasteiger partial charge in [-0.1, -0.05) is 12.1 Å². The minimum Gasteiger partial charge on any atom is -0.378 e. The molecule has 140 valence electrons. The third kappa shape index (κ3) is 4.41. The van der Waals surface area contributed by atoms with Crippen LogP contribution in [0.2, 0.25) is 0 Å². The minimum atomic E-state index is -0.00373. The van der Waals surface area contributed by atoms with Gasteiger partial charge in [0, 0.05) is 36.6 Å². The summed E-state index contributed by atoms with van der Waals surface area (Å²) in [5.41, 5.74) is 5.13. The molecule has 2 N–H and O–H groups in total. The first-order valence-electron chi connectivity index (χ1n) is 9.07. The van der Waals surface area contributed by atoms with Gasteiger partial charge >= 0.3 is 0 Å². The van der Waals surface area contributed by atoms with Crippen LogP contribution in [-0.4, -0.2) is 43.7 Å². The number of ketones is 2. The number of hydrogen-bond acceptors (Lipinski definition) is 3. The lowest BCUT2D eigenvalue weighted by Crippen LogP contribution is -3.11. The van der Waals surface area contributed by atoms with Gasteiger partial charge in [-0.3, -0.25) is 9.59 Å². The summed E-state index contributed by atoms with van der Waals surface area (Å²) in [6.07, 6.45) is 0. The summed E-state index contributed by atoms with van der Waals surface area (Å²) < 4.78 is 0. The summed E-state index contributed by atoms with van der Waals surface area (Å²) in [6, 6.07) is 8.44. The average molecular weight is 356 g/mol. The van der Waals surface area contributed by atoms with E-state index in [0.717, 1.165) is 30.0 Å². The van der Waals surface area contributed by atoms with Crippen molar-refractivity contribution in [2.45, 2.75) is 34.2 Å². The van der Waals surface area contributed by atoms with Crippen molar-refractivity contribution in [2.75, 3.05) is 32.1 Å². The Labute approximate surface area is 156 Å². The molecular weight excluding hydrogens is 326 g/mol. The Bertz CT molecular complexity index is 788. The first-order valence-corrected chi connectivity index (χ1v) is 9.07. The lowest BCUT2D eigenvalue weighted by molar-refractivity contribution is -0.903. The SMILES string of the molecule is CC[NH+](CC(=O)c1[nH]c(C)c(C(C)=O)c1C)Cc1ccc(N(C)C)cc1. The molecule has 5 nitrogen and oxygen atoms in total. The van der Waals surface area contributed by atoms with Crippen LogP contribution in [0.5, 0.6) is 0 Å². The monoisotopic (exact) mass is 356 g/mol. The lowest BCUT2D eigenvalue weighted by Gasteiger charge is -2.18. The molecule has 0 aliphatic heterocycles. The van der Waals surface area contributed by atoms with Crippen LogP contribution in [0.4, 0.5) is 5.69 Å². The molecule has 0 saturated carbocycles. The standard InChI is InChI=1S/C21H29N3O2/c1-7-24(12-17-8-10-18(11-9-17)23(5)6)13-19(26)21-14(2)20(16(4)25)15(3)22-21/h8-11,22H,7,12-13H2,1-6H3/p+1. The quantitative estimate of drug-likeness (QED) is 0.713. The van der Waals surface area contributed by atoms with Crippen molar-refractivity contribution in [3.05, 3.63) is 52.3 Å². The fourth-order valence-corrected chi connectivity index (χ4v) is 3.39. The number of anilines is 1. The van der Waals surface area contributed by atoms with Crippen molar-refractivity contribution in [1.82, 2.24) is 4.98 Å². The zero-order chi connectivity index (χ0) is 19.4. The number of benzene rings is 1. The topological polar surface area (TPSA) is 57.6 Å². The summed E-state index contributed by atoms with van der Waals surface area (Å²) in [6.45, 7) is 9.39. The number of aromatic nitrogens is 1. The molecular formula is C21H30N3O2+. The summed E-state index contributed by atoms with van der Waals surface area (Å²) >= 11 is 0. The normalized spacial score (nSPS) is 12.1. The smallest absolute Gasteiger partial charge is 0.233 e. The Kier molecular flexibility index (Phi) is 6.37. The molecule has 1 aromatic heterocycles. The maximum Gasteiger partial charge on any atom is 0.233 e. The minimum absolute atomic E-state index is 0.00373. The zero-order valence-electron chi connectivity index (χ0n) is 16.7. The molecule has 0 aliphatic carbocycles. The number of aryl methyl sites for hydroxylation is 1. The zero-order valence-corrected chi connectivity index (χ0v) is 16.7. The molecule has 26 heavy (non-hydrogen) atoms. The van der Waals surface area contributed by atoms with E-state index >= 15 is 0 Å². The predicted octanol–water partition coefficient (Wildman–Crippen LogP) is 2.19. The first kappa shape index (κ1) is 19.9. The summed E-state index contributed by atoms with van der Waals surface area (Å²) in [5, 5.41) is 0. The van der Waals surface area contributed by atoms with Crippen molar-refractivity contribution in [3.8, 4) is 0 Å². The number of nitrogens with one attached hydrogen (secondary N) is 2. The van der Waals surface area contributed by atoms with Gasteiger partial charge in [-0.05, 0) is 45.4 Å². The van der Waals surface area contributed by atoms with E-state index in [0.29, 0.717) is 17.8 Å². The van der Waals surface area contributed by atoms with E-state index in [9.17, 15) is 9.59 Å². The number of likely N-dealkylation sites (N-methyl/N-ethyl adjacent to an activating group) is 1. The number of carbonyl (C=O) groups is 2. The molecule has 0 fully saturated rings. The van der Waals surface area contributed by atoms with Crippen LogP contribution in [0.3, 0.4) is 0 Å². The van der Waals surface area contributed by atoms with Crippen LogP contribution in [0.1, 0.15) is 51.5 Å². The molecule has 2 rings (SSSR count). The molecule has 0 spiro atoms. The van der Waals surface area contributed by atoms with Gasteiger partial charge in [0.1, 0.15) is 13.1 Å². The Morgan fingerprint density at radius 2 is 1.73 bits per heavy atom. The number of nitrogens with zero attached hydrogens (tertiary/aromatic N) is 1. The first-order chi connectivity index (χ1) is 12.2. The van der Waals surface area contributed by atoms with Gasteiger partial charge in [-0.25, -0.2) is 0 Å². The van der Waals surface area contributed by atoms with Crippen LogP contribution in [-0.2, 0) is 6.54 Å². The van der Waals surface area contributed by atoms with Gasteiger partial charge in [-0.15, -0.1) is 0 Å². The van der Waals surface area contributed by atoms with Crippen molar-refractivity contribution in [2.24, 2.45) is 0 Å². The van der Waals surface area contributed by atoms with Crippen LogP contribution in [0.15, 0.2) is 24.3 Å². The van der Waals surface area contributed by atoms with Crippen molar-refractivity contribution in [3.63, 3.8) is 0 Å². The van der Waals surface area contributed by atoms with Crippen LogP contribution < -0.4 is 9.80 Å². The second-order valence-corrected chi connectivity index (χ2v) is 7.12. The molecule has 5 heteroatoms. The van der Waals surface area contributed by atoms with Gasteiger partial charge in [0.25, 0.3) is 0 Å². The van der Waals surface area contributed by atoms with E-state index in [2.05, 4.69) is 41.1 Å².